The highest BCUT2D eigenvalue weighted by molar-refractivity contribution is 5.69. The van der Waals surface area contributed by atoms with Crippen molar-refractivity contribution in [1.29, 1.82) is 0 Å². The van der Waals surface area contributed by atoms with E-state index in [1.54, 1.807) is 12.1 Å². The number of aromatic nitrogens is 2. The van der Waals surface area contributed by atoms with Crippen molar-refractivity contribution in [1.82, 2.24) is 9.78 Å². The highest BCUT2D eigenvalue weighted by Gasteiger charge is 2.11. The van der Waals surface area contributed by atoms with Gasteiger partial charge in [0.05, 0.1) is 22.7 Å². The van der Waals surface area contributed by atoms with Gasteiger partial charge in [0.15, 0.2) is 0 Å². The van der Waals surface area contributed by atoms with Crippen molar-refractivity contribution in [2.75, 3.05) is 0 Å². The van der Waals surface area contributed by atoms with Crippen molar-refractivity contribution in [2.45, 2.75) is 6.42 Å². The van der Waals surface area contributed by atoms with Crippen LogP contribution in [-0.4, -0.2) is 25.8 Å². The molecule has 0 spiro atoms. The summed E-state index contributed by atoms with van der Waals surface area (Å²) < 4.78 is 1.38. The predicted molar refractivity (Wildman–Crippen MR) is 61.6 cm³/mol. The van der Waals surface area contributed by atoms with Gasteiger partial charge in [-0.3, -0.25) is 14.9 Å². The van der Waals surface area contributed by atoms with Crippen LogP contribution >= 0.6 is 0 Å². The fourth-order valence-corrected chi connectivity index (χ4v) is 1.59. The van der Waals surface area contributed by atoms with Crippen LogP contribution in [0, 0.1) is 10.1 Å². The lowest BCUT2D eigenvalue weighted by Gasteiger charge is -2.05. The number of nitrogens with zero attached hydrogens (tertiary/aromatic N) is 3. The maximum Gasteiger partial charge on any atom is 0.309 e. The number of nitro groups is 1. The third-order valence-corrected chi connectivity index (χ3v) is 2.34. The number of hydrogen-bond acceptors (Lipinski definition) is 4. The summed E-state index contributed by atoms with van der Waals surface area (Å²) in [5, 5.41) is 23.4. The average Bonchev–Trinajstić information content (AvgIpc) is 2.76. The number of rotatable bonds is 4. The Kier molecular flexibility index (Phi) is 3.05. The van der Waals surface area contributed by atoms with Gasteiger partial charge in [0.2, 0.25) is 0 Å². The Balaban J connectivity index is 2.42. The Hall–Kier alpha value is -2.70. The molecule has 1 heterocycles. The van der Waals surface area contributed by atoms with Crippen molar-refractivity contribution in [3.8, 4) is 5.69 Å². The third kappa shape index (κ3) is 2.34. The first-order valence-electron chi connectivity index (χ1n) is 5.07. The summed E-state index contributed by atoms with van der Waals surface area (Å²) in [6.45, 7) is 0. The number of nitro benzene ring substituents is 1. The lowest BCUT2D eigenvalue weighted by molar-refractivity contribution is -0.384. The van der Waals surface area contributed by atoms with Gasteiger partial charge in [0.25, 0.3) is 5.69 Å². The molecule has 0 unspecified atom stereocenters. The Morgan fingerprint density at radius 2 is 2.22 bits per heavy atom. The molecule has 0 radical (unpaired) electrons. The summed E-state index contributed by atoms with van der Waals surface area (Å²) in [4.78, 5) is 20.8. The van der Waals surface area contributed by atoms with E-state index >= 15 is 0 Å². The van der Waals surface area contributed by atoms with Gasteiger partial charge in [-0.25, -0.2) is 4.68 Å². The van der Waals surface area contributed by atoms with Crippen LogP contribution < -0.4 is 0 Å². The average molecular weight is 247 g/mol. The first kappa shape index (κ1) is 11.8. The third-order valence-electron chi connectivity index (χ3n) is 2.34. The van der Waals surface area contributed by atoms with Crippen molar-refractivity contribution in [3.63, 3.8) is 0 Å². The molecular formula is C11H9N3O4. The zero-order valence-electron chi connectivity index (χ0n) is 9.18. The molecule has 0 aliphatic heterocycles. The Bertz CT molecular complexity index is 606. The first-order chi connectivity index (χ1) is 8.58. The number of hydrogen-bond donors (Lipinski definition) is 1. The number of carbonyl (C=O) groups is 1. The molecule has 18 heavy (non-hydrogen) atoms. The number of benzene rings is 1. The molecule has 0 amide bonds. The summed E-state index contributed by atoms with van der Waals surface area (Å²) in [5.41, 5.74) is 0.859. The molecule has 0 aliphatic rings. The van der Waals surface area contributed by atoms with Crippen molar-refractivity contribution < 1.29 is 14.8 Å². The second kappa shape index (κ2) is 4.66. The SMILES string of the molecule is O=C(O)Cc1ccnn1-c1cccc([N+](=O)[O-])c1. The Labute approximate surface area is 101 Å². The highest BCUT2D eigenvalue weighted by atomic mass is 16.6. The van der Waals surface area contributed by atoms with Crippen LogP contribution in [0.5, 0.6) is 0 Å². The largest absolute Gasteiger partial charge is 0.481 e. The molecule has 0 saturated carbocycles. The molecule has 7 nitrogen and oxygen atoms in total. The van der Waals surface area contributed by atoms with Crippen molar-refractivity contribution in [2.24, 2.45) is 0 Å². The molecular weight excluding hydrogens is 238 g/mol. The zero-order chi connectivity index (χ0) is 13.1. The van der Waals surface area contributed by atoms with E-state index in [-0.39, 0.29) is 12.1 Å². The minimum Gasteiger partial charge on any atom is -0.481 e. The molecule has 0 fully saturated rings. The fraction of sp³-hybridized carbons (Fsp3) is 0.0909. The molecule has 1 aromatic carbocycles. The number of carboxylic acid groups (broad SMARTS) is 1. The van der Waals surface area contributed by atoms with E-state index < -0.39 is 10.9 Å². The van der Waals surface area contributed by atoms with Gasteiger partial charge in [-0.1, -0.05) is 6.07 Å². The fourth-order valence-electron chi connectivity index (χ4n) is 1.59. The van der Waals surface area contributed by atoms with Crippen molar-refractivity contribution >= 4 is 11.7 Å². The lowest BCUT2D eigenvalue weighted by Crippen LogP contribution is -2.08. The Morgan fingerprint density at radius 1 is 1.44 bits per heavy atom. The van der Waals surface area contributed by atoms with Gasteiger partial charge < -0.3 is 5.11 Å². The van der Waals surface area contributed by atoms with E-state index in [1.807, 2.05) is 0 Å². The molecule has 0 atom stereocenters. The van der Waals surface area contributed by atoms with E-state index in [1.165, 1.54) is 29.1 Å². The van der Waals surface area contributed by atoms with Gasteiger partial charge in [-0.15, -0.1) is 0 Å². The molecule has 0 aliphatic carbocycles. The molecule has 2 aromatic rings. The van der Waals surface area contributed by atoms with Crippen LogP contribution in [0.15, 0.2) is 36.5 Å². The van der Waals surface area contributed by atoms with E-state index in [0.29, 0.717) is 11.4 Å². The predicted octanol–water partition coefficient (Wildman–Crippen LogP) is 1.41. The quantitative estimate of drug-likeness (QED) is 0.650. The topological polar surface area (TPSA) is 98.3 Å². The van der Waals surface area contributed by atoms with Gasteiger partial charge in [-0.05, 0) is 12.1 Å². The zero-order valence-corrected chi connectivity index (χ0v) is 9.18. The molecule has 92 valence electrons. The number of carboxylic acids is 1. The molecule has 2 rings (SSSR count). The molecule has 1 N–H and O–H groups in total. The molecule has 0 saturated heterocycles. The minimum absolute atomic E-state index is 0.0655. The van der Waals surface area contributed by atoms with Gasteiger partial charge >= 0.3 is 5.97 Å². The minimum atomic E-state index is -0.984. The second-order valence-corrected chi connectivity index (χ2v) is 3.58. The van der Waals surface area contributed by atoms with Gasteiger partial charge in [0, 0.05) is 18.3 Å². The lowest BCUT2D eigenvalue weighted by atomic mass is 10.2. The standard InChI is InChI=1S/C11H9N3O4/c15-11(16)7-9-4-5-12-13(9)8-2-1-3-10(6-8)14(17)18/h1-6H,7H2,(H,15,16). The first-order valence-corrected chi connectivity index (χ1v) is 5.07. The van der Waals surface area contributed by atoms with E-state index in [2.05, 4.69) is 5.10 Å². The summed E-state index contributed by atoms with van der Waals surface area (Å²) in [6, 6.07) is 7.43. The summed E-state index contributed by atoms with van der Waals surface area (Å²) >= 11 is 0. The maximum atomic E-state index is 10.7. The second-order valence-electron chi connectivity index (χ2n) is 3.58. The van der Waals surface area contributed by atoms with Crippen LogP contribution in [-0.2, 0) is 11.2 Å². The van der Waals surface area contributed by atoms with Crippen LogP contribution in [0.25, 0.3) is 5.69 Å². The summed E-state index contributed by atoms with van der Waals surface area (Å²) in [5.74, 6) is -0.984. The van der Waals surface area contributed by atoms with E-state index in [0.717, 1.165) is 0 Å². The van der Waals surface area contributed by atoms with Crippen LogP contribution in [0.2, 0.25) is 0 Å². The van der Waals surface area contributed by atoms with Gasteiger partial charge in [0.1, 0.15) is 0 Å². The Morgan fingerprint density at radius 3 is 2.89 bits per heavy atom. The molecule has 1 aromatic heterocycles. The summed E-state index contributed by atoms with van der Waals surface area (Å²) in [7, 11) is 0. The monoisotopic (exact) mass is 247 g/mol. The van der Waals surface area contributed by atoms with Crippen LogP contribution in [0.4, 0.5) is 5.69 Å². The van der Waals surface area contributed by atoms with Gasteiger partial charge in [-0.2, -0.15) is 5.10 Å². The van der Waals surface area contributed by atoms with E-state index in [9.17, 15) is 14.9 Å². The number of aliphatic carboxylic acids is 1. The number of non-ortho nitro benzene ring substituents is 1. The smallest absolute Gasteiger partial charge is 0.309 e. The van der Waals surface area contributed by atoms with Crippen LogP contribution in [0.3, 0.4) is 0 Å². The van der Waals surface area contributed by atoms with E-state index in [4.69, 9.17) is 5.11 Å². The normalized spacial score (nSPS) is 10.2. The maximum absolute atomic E-state index is 10.7. The van der Waals surface area contributed by atoms with Crippen molar-refractivity contribution in [3.05, 3.63) is 52.3 Å². The molecule has 0 bridgehead atoms. The molecule has 7 heteroatoms. The summed E-state index contributed by atoms with van der Waals surface area (Å²) in [6.07, 6.45) is 1.26. The highest BCUT2D eigenvalue weighted by Crippen LogP contribution is 2.17. The van der Waals surface area contributed by atoms with Crippen LogP contribution in [0.1, 0.15) is 5.69 Å².